The highest BCUT2D eigenvalue weighted by molar-refractivity contribution is 5.88. The van der Waals surface area contributed by atoms with E-state index in [9.17, 15) is 9.59 Å². The number of carbonyl (C=O) groups excluding carboxylic acids is 2. The molecule has 2 amide bonds. The molecular weight excluding hydrogens is 352 g/mol. The molecule has 2 fully saturated rings. The van der Waals surface area contributed by atoms with Gasteiger partial charge >= 0.3 is 0 Å². The van der Waals surface area contributed by atoms with Crippen LogP contribution in [0.5, 0.6) is 0 Å². The predicted molar refractivity (Wildman–Crippen MR) is 111 cm³/mol. The minimum atomic E-state index is -0.372. The maximum Gasteiger partial charge on any atom is 0.237 e. The zero-order valence-corrected chi connectivity index (χ0v) is 17.5. The molecule has 28 heavy (non-hydrogen) atoms. The summed E-state index contributed by atoms with van der Waals surface area (Å²) in [6, 6.07) is 8.27. The second kappa shape index (κ2) is 9.52. The van der Waals surface area contributed by atoms with Crippen molar-refractivity contribution in [1.29, 1.82) is 0 Å². The number of nitrogens with one attached hydrogen (secondary N) is 1. The van der Waals surface area contributed by atoms with Crippen LogP contribution in [0.25, 0.3) is 0 Å². The molecule has 1 aromatic carbocycles. The van der Waals surface area contributed by atoms with Gasteiger partial charge in [-0.3, -0.25) is 19.4 Å². The van der Waals surface area contributed by atoms with E-state index in [1.54, 1.807) is 4.90 Å². The van der Waals surface area contributed by atoms with Crippen molar-refractivity contribution in [1.82, 2.24) is 20.0 Å². The lowest BCUT2D eigenvalue weighted by Gasteiger charge is -2.38. The number of likely N-dealkylation sites (tertiary alicyclic amines) is 1. The minimum absolute atomic E-state index is 0.0173. The maximum atomic E-state index is 12.9. The molecule has 2 saturated heterocycles. The van der Waals surface area contributed by atoms with Gasteiger partial charge in [0.2, 0.25) is 11.8 Å². The second-order valence-electron chi connectivity index (χ2n) is 8.34. The fraction of sp³-hybridized carbons (Fsp3) is 0.636. The molecule has 0 aliphatic carbocycles. The molecule has 6 nitrogen and oxygen atoms in total. The van der Waals surface area contributed by atoms with E-state index in [1.165, 1.54) is 24.0 Å². The first kappa shape index (κ1) is 20.8. The fourth-order valence-electron chi connectivity index (χ4n) is 4.27. The van der Waals surface area contributed by atoms with E-state index < -0.39 is 0 Å². The van der Waals surface area contributed by atoms with Gasteiger partial charge in [-0.15, -0.1) is 0 Å². The van der Waals surface area contributed by atoms with E-state index >= 15 is 0 Å². The first-order valence-electron chi connectivity index (χ1n) is 10.5. The zero-order chi connectivity index (χ0) is 20.1. The third-order valence-electron chi connectivity index (χ3n) is 5.95. The lowest BCUT2D eigenvalue weighted by atomic mass is 10.0. The third-order valence-corrected chi connectivity index (χ3v) is 5.95. The molecule has 2 heterocycles. The Labute approximate surface area is 168 Å². The van der Waals surface area contributed by atoms with Gasteiger partial charge in [0.1, 0.15) is 0 Å². The number of carbonyl (C=O) groups is 2. The molecule has 0 bridgehead atoms. The van der Waals surface area contributed by atoms with Crippen LogP contribution in [0.1, 0.15) is 44.2 Å². The molecule has 0 saturated carbocycles. The highest BCUT2D eigenvalue weighted by Crippen LogP contribution is 2.19. The van der Waals surface area contributed by atoms with Gasteiger partial charge in [0.05, 0.1) is 12.5 Å². The van der Waals surface area contributed by atoms with Gasteiger partial charge in [0.25, 0.3) is 0 Å². The van der Waals surface area contributed by atoms with Crippen molar-refractivity contribution in [2.24, 2.45) is 0 Å². The lowest BCUT2D eigenvalue weighted by molar-refractivity contribution is -0.139. The van der Waals surface area contributed by atoms with Gasteiger partial charge in [0, 0.05) is 39.3 Å². The SMILES string of the molecule is CC(C)N1CCNC(=O)[C@H]1CC(=O)N(C)Cc1ccccc1CN1CCCC1. The molecule has 2 aliphatic rings. The molecule has 154 valence electrons. The van der Waals surface area contributed by atoms with Gasteiger partial charge in [-0.2, -0.15) is 0 Å². The average Bonchev–Trinajstić information content (AvgIpc) is 3.17. The third kappa shape index (κ3) is 5.11. The van der Waals surface area contributed by atoms with Crippen molar-refractivity contribution < 1.29 is 9.59 Å². The summed E-state index contributed by atoms with van der Waals surface area (Å²) in [7, 11) is 1.84. The number of nitrogens with zero attached hydrogens (tertiary/aromatic N) is 3. The van der Waals surface area contributed by atoms with E-state index in [2.05, 4.69) is 47.2 Å². The molecule has 0 aromatic heterocycles. The van der Waals surface area contributed by atoms with Crippen LogP contribution in [-0.2, 0) is 22.7 Å². The number of hydrogen-bond acceptors (Lipinski definition) is 4. The van der Waals surface area contributed by atoms with Crippen molar-refractivity contribution in [3.8, 4) is 0 Å². The van der Waals surface area contributed by atoms with Crippen molar-refractivity contribution in [3.63, 3.8) is 0 Å². The number of benzene rings is 1. The van der Waals surface area contributed by atoms with E-state index in [-0.39, 0.29) is 30.3 Å². The van der Waals surface area contributed by atoms with Gasteiger partial charge in [-0.25, -0.2) is 0 Å². The van der Waals surface area contributed by atoms with Crippen molar-refractivity contribution in [2.45, 2.75) is 58.3 Å². The Balaban J connectivity index is 1.63. The number of hydrogen-bond donors (Lipinski definition) is 1. The Morgan fingerprint density at radius 3 is 2.54 bits per heavy atom. The Kier molecular flexibility index (Phi) is 7.08. The summed E-state index contributed by atoms with van der Waals surface area (Å²) in [5.41, 5.74) is 2.49. The zero-order valence-electron chi connectivity index (χ0n) is 17.5. The first-order chi connectivity index (χ1) is 13.5. The summed E-state index contributed by atoms with van der Waals surface area (Å²) in [5, 5.41) is 2.90. The number of rotatable bonds is 7. The maximum absolute atomic E-state index is 12.9. The van der Waals surface area contributed by atoms with E-state index in [1.807, 2.05) is 13.1 Å². The molecule has 1 aromatic rings. The van der Waals surface area contributed by atoms with Crippen molar-refractivity contribution >= 4 is 11.8 Å². The normalized spacial score (nSPS) is 21.1. The van der Waals surface area contributed by atoms with Gasteiger partial charge < -0.3 is 10.2 Å². The summed E-state index contributed by atoms with van der Waals surface area (Å²) < 4.78 is 0. The standard InChI is InChI=1S/C22H34N4O2/c1-17(2)26-13-10-23-22(28)20(26)14-21(27)24(3)15-18-8-4-5-9-19(18)16-25-11-6-7-12-25/h4-5,8-9,17,20H,6-7,10-16H2,1-3H3,(H,23,28)/t20-/m1/s1. The van der Waals surface area contributed by atoms with Gasteiger partial charge in [0.15, 0.2) is 0 Å². The van der Waals surface area contributed by atoms with Crippen LogP contribution in [0, 0.1) is 0 Å². The number of piperazine rings is 1. The van der Waals surface area contributed by atoms with Crippen LogP contribution in [0.15, 0.2) is 24.3 Å². The fourth-order valence-corrected chi connectivity index (χ4v) is 4.27. The monoisotopic (exact) mass is 386 g/mol. The molecule has 3 rings (SSSR count). The van der Waals surface area contributed by atoms with Crippen LogP contribution in [0.4, 0.5) is 0 Å². The molecule has 1 atom stereocenters. The highest BCUT2D eigenvalue weighted by Gasteiger charge is 2.33. The topological polar surface area (TPSA) is 55.9 Å². The molecular formula is C22H34N4O2. The minimum Gasteiger partial charge on any atom is -0.353 e. The second-order valence-corrected chi connectivity index (χ2v) is 8.34. The molecule has 0 radical (unpaired) electrons. The highest BCUT2D eigenvalue weighted by atomic mass is 16.2. The van der Waals surface area contributed by atoms with Crippen LogP contribution < -0.4 is 5.32 Å². The van der Waals surface area contributed by atoms with Gasteiger partial charge in [-0.1, -0.05) is 24.3 Å². The Hall–Kier alpha value is -1.92. The Bertz CT molecular complexity index is 685. The molecule has 0 spiro atoms. The Morgan fingerprint density at radius 1 is 1.18 bits per heavy atom. The quantitative estimate of drug-likeness (QED) is 0.777. The van der Waals surface area contributed by atoms with Crippen LogP contribution in [0.3, 0.4) is 0 Å². The molecule has 6 heteroatoms. The summed E-state index contributed by atoms with van der Waals surface area (Å²) >= 11 is 0. The molecule has 2 aliphatic heterocycles. The van der Waals surface area contributed by atoms with Crippen LogP contribution >= 0.6 is 0 Å². The van der Waals surface area contributed by atoms with Crippen molar-refractivity contribution in [2.75, 3.05) is 33.2 Å². The van der Waals surface area contributed by atoms with E-state index in [4.69, 9.17) is 0 Å². The lowest BCUT2D eigenvalue weighted by Crippen LogP contribution is -2.58. The predicted octanol–water partition coefficient (Wildman–Crippen LogP) is 1.84. The summed E-state index contributed by atoms with van der Waals surface area (Å²) in [6.07, 6.45) is 2.78. The average molecular weight is 387 g/mol. The van der Waals surface area contributed by atoms with Crippen molar-refractivity contribution in [3.05, 3.63) is 35.4 Å². The van der Waals surface area contributed by atoms with E-state index in [0.29, 0.717) is 13.1 Å². The molecule has 1 N–H and O–H groups in total. The van der Waals surface area contributed by atoms with E-state index in [0.717, 1.165) is 26.2 Å². The van der Waals surface area contributed by atoms with Crippen LogP contribution in [-0.4, -0.2) is 71.8 Å². The molecule has 0 unspecified atom stereocenters. The number of amides is 2. The summed E-state index contributed by atoms with van der Waals surface area (Å²) in [5.74, 6) is -0.0141. The van der Waals surface area contributed by atoms with Gasteiger partial charge in [-0.05, 0) is 50.9 Å². The largest absolute Gasteiger partial charge is 0.353 e. The smallest absolute Gasteiger partial charge is 0.237 e. The van der Waals surface area contributed by atoms with Crippen LogP contribution in [0.2, 0.25) is 0 Å². The first-order valence-corrected chi connectivity index (χ1v) is 10.5. The Morgan fingerprint density at radius 2 is 1.86 bits per heavy atom. The summed E-state index contributed by atoms with van der Waals surface area (Å²) in [6.45, 7) is 9.45. The summed E-state index contributed by atoms with van der Waals surface area (Å²) in [4.78, 5) is 31.6.